The van der Waals surface area contributed by atoms with Gasteiger partial charge in [0.15, 0.2) is 5.69 Å². The van der Waals surface area contributed by atoms with Gasteiger partial charge in [-0.15, -0.1) is 0 Å². The molecule has 1 fully saturated rings. The van der Waals surface area contributed by atoms with E-state index in [0.717, 1.165) is 31.1 Å². The summed E-state index contributed by atoms with van der Waals surface area (Å²) in [5, 5.41) is 0. The first-order valence-electron chi connectivity index (χ1n) is 6.45. The van der Waals surface area contributed by atoms with E-state index in [-0.39, 0.29) is 5.97 Å². The number of hydrogen-bond acceptors (Lipinski definition) is 4. The zero-order valence-electron chi connectivity index (χ0n) is 11.1. The Morgan fingerprint density at radius 3 is 2.89 bits per heavy atom. The third kappa shape index (κ3) is 3.07. The van der Waals surface area contributed by atoms with Crippen molar-refractivity contribution in [2.75, 3.05) is 20.2 Å². The molecule has 0 radical (unpaired) electrons. The number of likely N-dealkylation sites (tertiary alicyclic amines) is 1. The number of carbonyl (C=O) groups is 1. The number of esters is 1. The fourth-order valence-electron chi connectivity index (χ4n) is 2.31. The van der Waals surface area contributed by atoms with Crippen LogP contribution in [0.3, 0.4) is 0 Å². The maximum absolute atomic E-state index is 11.6. The van der Waals surface area contributed by atoms with Crippen molar-refractivity contribution in [1.82, 2.24) is 9.88 Å². The predicted octanol–water partition coefficient (Wildman–Crippen LogP) is 2.10. The molecule has 0 N–H and O–H groups in total. The van der Waals surface area contributed by atoms with Crippen LogP contribution in [-0.2, 0) is 11.3 Å². The lowest BCUT2D eigenvalue weighted by molar-refractivity contribution is 0.0590. The molecule has 1 aromatic heterocycles. The van der Waals surface area contributed by atoms with Crippen molar-refractivity contribution in [3.63, 3.8) is 0 Å². The largest absolute Gasteiger partial charge is 0.464 e. The highest BCUT2D eigenvalue weighted by atomic mass is 16.5. The molecule has 0 amide bonds. The highest BCUT2D eigenvalue weighted by Gasteiger charge is 2.19. The quantitative estimate of drug-likeness (QED) is 0.768. The minimum Gasteiger partial charge on any atom is -0.464 e. The summed E-state index contributed by atoms with van der Waals surface area (Å²) < 4.78 is 4.76. The van der Waals surface area contributed by atoms with Crippen LogP contribution in [0.1, 0.15) is 35.8 Å². The highest BCUT2D eigenvalue weighted by molar-refractivity contribution is 5.88. The van der Waals surface area contributed by atoms with Crippen LogP contribution in [0, 0.1) is 5.92 Å². The van der Waals surface area contributed by atoms with Crippen molar-refractivity contribution in [2.45, 2.75) is 26.3 Å². The topological polar surface area (TPSA) is 42.4 Å². The van der Waals surface area contributed by atoms with E-state index < -0.39 is 0 Å². The van der Waals surface area contributed by atoms with Gasteiger partial charge in [0.05, 0.1) is 7.11 Å². The first-order chi connectivity index (χ1) is 8.70. The summed E-state index contributed by atoms with van der Waals surface area (Å²) in [5.74, 6) is 0.464. The second-order valence-corrected chi connectivity index (χ2v) is 4.96. The van der Waals surface area contributed by atoms with E-state index in [1.807, 2.05) is 12.1 Å². The van der Waals surface area contributed by atoms with E-state index in [4.69, 9.17) is 4.74 Å². The second-order valence-electron chi connectivity index (χ2n) is 4.96. The van der Waals surface area contributed by atoms with Crippen LogP contribution in [-0.4, -0.2) is 36.1 Å². The first kappa shape index (κ1) is 13.0. The summed E-state index contributed by atoms with van der Waals surface area (Å²) in [4.78, 5) is 18.1. The molecular weight excluding hydrogens is 228 g/mol. The monoisotopic (exact) mass is 248 g/mol. The van der Waals surface area contributed by atoms with Gasteiger partial charge in [-0.1, -0.05) is 13.0 Å². The third-order valence-corrected chi connectivity index (χ3v) is 3.54. The lowest BCUT2D eigenvalue weighted by Gasteiger charge is -2.30. The number of methoxy groups -OCH3 is 1. The molecule has 0 aromatic carbocycles. The van der Waals surface area contributed by atoms with Gasteiger partial charge in [0.1, 0.15) is 0 Å². The van der Waals surface area contributed by atoms with E-state index >= 15 is 0 Å². The van der Waals surface area contributed by atoms with Crippen molar-refractivity contribution >= 4 is 5.97 Å². The second kappa shape index (κ2) is 5.96. The highest BCUT2D eigenvalue weighted by Crippen LogP contribution is 2.19. The molecule has 1 aromatic rings. The number of piperidine rings is 1. The Balaban J connectivity index is 2.07. The van der Waals surface area contributed by atoms with Gasteiger partial charge in [0, 0.05) is 12.7 Å². The zero-order chi connectivity index (χ0) is 13.0. The average Bonchev–Trinajstić information content (AvgIpc) is 2.41. The number of rotatable bonds is 3. The number of pyridine rings is 1. The van der Waals surface area contributed by atoms with Gasteiger partial charge in [-0.3, -0.25) is 4.90 Å². The molecule has 0 bridgehead atoms. The molecule has 2 heterocycles. The van der Waals surface area contributed by atoms with Gasteiger partial charge in [0.2, 0.25) is 0 Å². The molecular formula is C14H20N2O2. The van der Waals surface area contributed by atoms with E-state index in [9.17, 15) is 4.79 Å². The number of hydrogen-bond donors (Lipinski definition) is 0. The van der Waals surface area contributed by atoms with Gasteiger partial charge in [-0.2, -0.15) is 0 Å². The van der Waals surface area contributed by atoms with Crippen LogP contribution in [0.4, 0.5) is 0 Å². The smallest absolute Gasteiger partial charge is 0.356 e. The lowest BCUT2D eigenvalue weighted by atomic mass is 9.99. The normalized spacial score (nSPS) is 17.7. The number of nitrogens with zero attached hydrogens (tertiary/aromatic N) is 2. The summed E-state index contributed by atoms with van der Waals surface area (Å²) >= 11 is 0. The van der Waals surface area contributed by atoms with Crippen LogP contribution in [0.2, 0.25) is 0 Å². The molecule has 4 nitrogen and oxygen atoms in total. The van der Waals surface area contributed by atoms with Crippen molar-refractivity contribution in [2.24, 2.45) is 5.92 Å². The van der Waals surface area contributed by atoms with Crippen molar-refractivity contribution in [3.05, 3.63) is 29.6 Å². The standard InChI is InChI=1S/C14H20N2O2/c1-11-5-8-16(9-6-11)10-12-4-3-7-15-13(12)14(17)18-2/h3-4,7,11H,5-6,8-10H2,1-2H3. The molecule has 1 aliphatic heterocycles. The minimum absolute atomic E-state index is 0.351. The SMILES string of the molecule is COC(=O)c1ncccc1CN1CCC(C)CC1. The van der Waals surface area contributed by atoms with E-state index in [1.165, 1.54) is 20.0 Å². The molecule has 1 saturated heterocycles. The Labute approximate surface area is 108 Å². The summed E-state index contributed by atoms with van der Waals surface area (Å²) in [6, 6.07) is 3.83. The molecule has 1 aliphatic rings. The Hall–Kier alpha value is -1.42. The molecule has 0 aliphatic carbocycles. The summed E-state index contributed by atoms with van der Waals surface area (Å²) in [7, 11) is 1.39. The van der Waals surface area contributed by atoms with Crippen LogP contribution >= 0.6 is 0 Å². The maximum Gasteiger partial charge on any atom is 0.356 e. The summed E-state index contributed by atoms with van der Waals surface area (Å²) in [6.45, 7) is 5.26. The van der Waals surface area contributed by atoms with Gasteiger partial charge in [-0.05, 0) is 43.5 Å². The van der Waals surface area contributed by atoms with Gasteiger partial charge >= 0.3 is 5.97 Å². The van der Waals surface area contributed by atoms with Crippen LogP contribution in [0.5, 0.6) is 0 Å². The van der Waals surface area contributed by atoms with E-state index in [1.54, 1.807) is 6.20 Å². The zero-order valence-corrected chi connectivity index (χ0v) is 11.1. The fraction of sp³-hybridized carbons (Fsp3) is 0.571. The molecule has 0 spiro atoms. The predicted molar refractivity (Wildman–Crippen MR) is 69.3 cm³/mol. The third-order valence-electron chi connectivity index (χ3n) is 3.54. The molecule has 0 unspecified atom stereocenters. The minimum atomic E-state index is -0.351. The Morgan fingerprint density at radius 2 is 2.22 bits per heavy atom. The average molecular weight is 248 g/mol. The molecule has 2 rings (SSSR count). The Kier molecular flexibility index (Phi) is 4.31. The number of ether oxygens (including phenoxy) is 1. The number of aromatic nitrogens is 1. The number of carbonyl (C=O) groups excluding carboxylic acids is 1. The lowest BCUT2D eigenvalue weighted by Crippen LogP contribution is -2.33. The molecule has 18 heavy (non-hydrogen) atoms. The van der Waals surface area contributed by atoms with Crippen LogP contribution in [0.15, 0.2) is 18.3 Å². The molecule has 0 saturated carbocycles. The van der Waals surface area contributed by atoms with Crippen LogP contribution in [0.25, 0.3) is 0 Å². The summed E-state index contributed by atoms with van der Waals surface area (Å²) in [6.07, 6.45) is 4.09. The molecule has 4 heteroatoms. The Morgan fingerprint density at radius 1 is 1.50 bits per heavy atom. The molecule has 0 atom stereocenters. The van der Waals surface area contributed by atoms with E-state index in [2.05, 4.69) is 16.8 Å². The molecule has 98 valence electrons. The Bertz CT molecular complexity index is 412. The van der Waals surface area contributed by atoms with Crippen molar-refractivity contribution < 1.29 is 9.53 Å². The van der Waals surface area contributed by atoms with Gasteiger partial charge in [-0.25, -0.2) is 9.78 Å². The van der Waals surface area contributed by atoms with Gasteiger partial charge in [0.25, 0.3) is 0 Å². The summed E-state index contributed by atoms with van der Waals surface area (Å²) in [5.41, 5.74) is 1.40. The van der Waals surface area contributed by atoms with Crippen LogP contribution < -0.4 is 0 Å². The van der Waals surface area contributed by atoms with E-state index in [0.29, 0.717) is 5.69 Å². The maximum atomic E-state index is 11.6. The first-order valence-corrected chi connectivity index (χ1v) is 6.45. The van der Waals surface area contributed by atoms with Crippen molar-refractivity contribution in [3.8, 4) is 0 Å². The van der Waals surface area contributed by atoms with Gasteiger partial charge < -0.3 is 4.74 Å². The van der Waals surface area contributed by atoms with Crippen molar-refractivity contribution in [1.29, 1.82) is 0 Å². The fourth-order valence-corrected chi connectivity index (χ4v) is 2.31.